The number of anilines is 1. The summed E-state index contributed by atoms with van der Waals surface area (Å²) in [4.78, 5) is 22.4. The Morgan fingerprint density at radius 2 is 2.17 bits per heavy atom. The zero-order chi connectivity index (χ0) is 13.0. The van der Waals surface area contributed by atoms with Crippen molar-refractivity contribution < 1.29 is 14.7 Å². The summed E-state index contributed by atoms with van der Waals surface area (Å²) in [6.45, 7) is 0.939. The van der Waals surface area contributed by atoms with Gasteiger partial charge < -0.3 is 15.7 Å². The Morgan fingerprint density at radius 1 is 1.39 bits per heavy atom. The van der Waals surface area contributed by atoms with E-state index in [0.717, 1.165) is 24.2 Å². The van der Waals surface area contributed by atoms with Gasteiger partial charge in [-0.05, 0) is 18.1 Å². The van der Waals surface area contributed by atoms with Crippen LogP contribution in [0.5, 0.6) is 0 Å². The molecule has 1 atom stereocenters. The van der Waals surface area contributed by atoms with Crippen molar-refractivity contribution in [2.24, 2.45) is 0 Å². The number of benzene rings is 1. The third-order valence-electron chi connectivity index (χ3n) is 3.04. The summed E-state index contributed by atoms with van der Waals surface area (Å²) in [5, 5.41) is 14.5. The van der Waals surface area contributed by atoms with E-state index in [1.54, 1.807) is 0 Å². The van der Waals surface area contributed by atoms with Crippen LogP contribution in [-0.4, -0.2) is 30.1 Å². The van der Waals surface area contributed by atoms with Crippen LogP contribution in [0.25, 0.3) is 0 Å². The van der Waals surface area contributed by atoms with Crippen molar-refractivity contribution in [1.29, 1.82) is 0 Å². The lowest BCUT2D eigenvalue weighted by atomic mass is 9.90. The van der Waals surface area contributed by atoms with Crippen molar-refractivity contribution >= 4 is 17.6 Å². The fourth-order valence-corrected chi connectivity index (χ4v) is 2.16. The minimum absolute atomic E-state index is 0.0433. The van der Waals surface area contributed by atoms with Gasteiger partial charge in [0.1, 0.15) is 0 Å². The van der Waals surface area contributed by atoms with E-state index >= 15 is 0 Å². The molecule has 0 spiro atoms. The number of nitrogens with one attached hydrogen (secondary N) is 2. The van der Waals surface area contributed by atoms with Crippen LogP contribution in [0.1, 0.15) is 24.3 Å². The van der Waals surface area contributed by atoms with E-state index in [9.17, 15) is 9.59 Å². The van der Waals surface area contributed by atoms with Crippen LogP contribution in [0.2, 0.25) is 0 Å². The van der Waals surface area contributed by atoms with Crippen molar-refractivity contribution in [3.8, 4) is 0 Å². The van der Waals surface area contributed by atoms with Gasteiger partial charge in [0.25, 0.3) is 0 Å². The molecule has 1 aliphatic heterocycles. The number of para-hydroxylation sites is 1. The largest absolute Gasteiger partial charge is 0.481 e. The third kappa shape index (κ3) is 2.80. The molecule has 1 amide bonds. The maximum Gasteiger partial charge on any atom is 0.305 e. The average Bonchev–Trinajstić information content (AvgIpc) is 2.37. The zero-order valence-electron chi connectivity index (χ0n) is 9.98. The van der Waals surface area contributed by atoms with Crippen LogP contribution >= 0.6 is 0 Å². The number of carboxylic acids is 1. The number of aliphatic carboxylic acids is 1. The van der Waals surface area contributed by atoms with E-state index < -0.39 is 5.97 Å². The highest BCUT2D eigenvalue weighted by atomic mass is 16.4. The van der Waals surface area contributed by atoms with Gasteiger partial charge in [0, 0.05) is 18.8 Å². The Balaban J connectivity index is 2.01. The second kappa shape index (κ2) is 5.53. The number of fused-ring (bicyclic) bond motifs is 1. The summed E-state index contributed by atoms with van der Waals surface area (Å²) in [6, 6.07) is 7.72. The van der Waals surface area contributed by atoms with Crippen molar-refractivity contribution in [2.75, 3.05) is 18.4 Å². The lowest BCUT2D eigenvalue weighted by Crippen LogP contribution is -2.34. The molecule has 1 aromatic rings. The molecular formula is C13H16N2O3. The molecule has 0 saturated heterocycles. The molecule has 1 aromatic carbocycles. The lowest BCUT2D eigenvalue weighted by Gasteiger charge is -2.25. The SMILES string of the molecule is O=C(O)CCNC(=O)C1CCNc2ccccc21. The molecule has 0 saturated carbocycles. The Morgan fingerprint density at radius 3 is 2.94 bits per heavy atom. The second-order valence-electron chi connectivity index (χ2n) is 4.29. The van der Waals surface area contributed by atoms with Crippen molar-refractivity contribution in [3.05, 3.63) is 29.8 Å². The molecule has 18 heavy (non-hydrogen) atoms. The highest BCUT2D eigenvalue weighted by molar-refractivity contribution is 5.86. The first-order chi connectivity index (χ1) is 8.68. The molecule has 96 valence electrons. The monoisotopic (exact) mass is 248 g/mol. The average molecular weight is 248 g/mol. The Hall–Kier alpha value is -2.04. The lowest BCUT2D eigenvalue weighted by molar-refractivity contribution is -0.136. The van der Waals surface area contributed by atoms with E-state index in [4.69, 9.17) is 5.11 Å². The smallest absolute Gasteiger partial charge is 0.305 e. The normalized spacial score (nSPS) is 17.4. The molecule has 5 nitrogen and oxygen atoms in total. The Labute approximate surface area is 105 Å². The summed E-state index contributed by atoms with van der Waals surface area (Å²) in [7, 11) is 0. The fraction of sp³-hybridized carbons (Fsp3) is 0.385. The predicted molar refractivity (Wildman–Crippen MR) is 67.6 cm³/mol. The predicted octanol–water partition coefficient (Wildman–Crippen LogP) is 1.18. The van der Waals surface area contributed by atoms with Gasteiger partial charge in [0.2, 0.25) is 5.91 Å². The molecule has 0 fully saturated rings. The van der Waals surface area contributed by atoms with Gasteiger partial charge in [-0.25, -0.2) is 0 Å². The number of carbonyl (C=O) groups excluding carboxylic acids is 1. The van der Waals surface area contributed by atoms with Crippen LogP contribution in [0.15, 0.2) is 24.3 Å². The van der Waals surface area contributed by atoms with Gasteiger partial charge in [-0.3, -0.25) is 9.59 Å². The summed E-state index contributed by atoms with van der Waals surface area (Å²) in [5.74, 6) is -1.18. The molecule has 0 bridgehead atoms. The van der Waals surface area contributed by atoms with E-state index in [2.05, 4.69) is 10.6 Å². The molecule has 1 aliphatic rings. The van der Waals surface area contributed by atoms with Gasteiger partial charge in [-0.15, -0.1) is 0 Å². The summed E-state index contributed by atoms with van der Waals surface area (Å²) < 4.78 is 0. The van der Waals surface area contributed by atoms with Gasteiger partial charge in [0.15, 0.2) is 0 Å². The van der Waals surface area contributed by atoms with Crippen LogP contribution in [0.3, 0.4) is 0 Å². The van der Waals surface area contributed by atoms with Crippen molar-refractivity contribution in [3.63, 3.8) is 0 Å². The molecule has 1 unspecified atom stereocenters. The van der Waals surface area contributed by atoms with Gasteiger partial charge in [-0.2, -0.15) is 0 Å². The minimum Gasteiger partial charge on any atom is -0.481 e. The maximum absolute atomic E-state index is 12.0. The number of hydrogen-bond acceptors (Lipinski definition) is 3. The number of carbonyl (C=O) groups is 2. The van der Waals surface area contributed by atoms with Gasteiger partial charge >= 0.3 is 5.97 Å². The van der Waals surface area contributed by atoms with E-state index in [1.165, 1.54) is 0 Å². The number of hydrogen-bond donors (Lipinski definition) is 3. The molecule has 5 heteroatoms. The molecule has 0 radical (unpaired) electrons. The van der Waals surface area contributed by atoms with Crippen LogP contribution in [0, 0.1) is 0 Å². The molecule has 3 N–H and O–H groups in total. The highest BCUT2D eigenvalue weighted by Gasteiger charge is 2.25. The standard InChI is InChI=1S/C13H16N2O3/c16-12(17)6-8-15-13(18)10-5-7-14-11-4-2-1-3-9(10)11/h1-4,10,14H,5-8H2,(H,15,18)(H,16,17). The Kier molecular flexibility index (Phi) is 3.82. The summed E-state index contributed by atoms with van der Waals surface area (Å²) >= 11 is 0. The molecule has 1 heterocycles. The quantitative estimate of drug-likeness (QED) is 0.747. The van der Waals surface area contributed by atoms with Crippen LogP contribution < -0.4 is 10.6 Å². The van der Waals surface area contributed by atoms with Gasteiger partial charge in [0.05, 0.1) is 12.3 Å². The van der Waals surface area contributed by atoms with Gasteiger partial charge in [-0.1, -0.05) is 18.2 Å². The topological polar surface area (TPSA) is 78.4 Å². The molecule has 0 aromatic heterocycles. The van der Waals surface area contributed by atoms with E-state index in [0.29, 0.717) is 0 Å². The first-order valence-electron chi connectivity index (χ1n) is 6.01. The Bertz CT molecular complexity index is 459. The maximum atomic E-state index is 12.0. The first-order valence-corrected chi connectivity index (χ1v) is 6.01. The fourth-order valence-electron chi connectivity index (χ4n) is 2.16. The highest BCUT2D eigenvalue weighted by Crippen LogP contribution is 2.31. The summed E-state index contributed by atoms with van der Waals surface area (Å²) in [5.41, 5.74) is 1.97. The number of amides is 1. The van der Waals surface area contributed by atoms with E-state index in [1.807, 2.05) is 24.3 Å². The zero-order valence-corrected chi connectivity index (χ0v) is 9.98. The van der Waals surface area contributed by atoms with Crippen LogP contribution in [0.4, 0.5) is 5.69 Å². The summed E-state index contributed by atoms with van der Waals surface area (Å²) in [6.07, 6.45) is 0.689. The third-order valence-corrected chi connectivity index (χ3v) is 3.04. The minimum atomic E-state index is -0.902. The second-order valence-corrected chi connectivity index (χ2v) is 4.29. The number of carboxylic acid groups (broad SMARTS) is 1. The molecule has 0 aliphatic carbocycles. The van der Waals surface area contributed by atoms with Crippen molar-refractivity contribution in [1.82, 2.24) is 5.32 Å². The molecular weight excluding hydrogens is 232 g/mol. The number of rotatable bonds is 4. The first kappa shape index (κ1) is 12.4. The van der Waals surface area contributed by atoms with Crippen molar-refractivity contribution in [2.45, 2.75) is 18.8 Å². The molecule has 2 rings (SSSR count). The van der Waals surface area contributed by atoms with E-state index in [-0.39, 0.29) is 24.8 Å². The van der Waals surface area contributed by atoms with Crippen LogP contribution in [-0.2, 0) is 9.59 Å².